The number of nitrogens with zero attached hydrogens (tertiary/aromatic N) is 2. The third-order valence-electron chi connectivity index (χ3n) is 6.76. The number of aromatic amines is 2. The summed E-state index contributed by atoms with van der Waals surface area (Å²) >= 11 is 3.62. The summed E-state index contributed by atoms with van der Waals surface area (Å²) in [7, 11) is 0. The van der Waals surface area contributed by atoms with Gasteiger partial charge in [0.15, 0.2) is 0 Å². The first kappa shape index (κ1) is 23.4. The van der Waals surface area contributed by atoms with Crippen molar-refractivity contribution < 1.29 is 16.0 Å². The molecule has 8 bridgehead atoms. The van der Waals surface area contributed by atoms with Crippen LogP contribution in [0.2, 0.25) is 0 Å². The van der Waals surface area contributed by atoms with E-state index in [0.29, 0.717) is 0 Å². The number of aromatic nitrogens is 4. The second kappa shape index (κ2) is 9.88. The van der Waals surface area contributed by atoms with Gasteiger partial charge < -0.3 is 9.97 Å². The zero-order valence-electron chi connectivity index (χ0n) is 20.9. The van der Waals surface area contributed by atoms with Crippen LogP contribution in [0.4, 0.5) is 0 Å². The van der Waals surface area contributed by atoms with Gasteiger partial charge in [0.25, 0.3) is 0 Å². The van der Waals surface area contributed by atoms with Crippen molar-refractivity contribution in [2.45, 2.75) is 0 Å². The van der Waals surface area contributed by atoms with Gasteiger partial charge in [-0.05, 0) is 72.8 Å². The Morgan fingerprint density at radius 1 is 0.436 bits per heavy atom. The van der Waals surface area contributed by atoms with Crippen molar-refractivity contribution in [3.05, 3.63) is 126 Å². The molecule has 0 radical (unpaired) electrons. The van der Waals surface area contributed by atoms with Gasteiger partial charge in [-0.2, -0.15) is 0 Å². The molecule has 0 aliphatic carbocycles. The third-order valence-corrected chi connectivity index (χ3v) is 7.25. The van der Waals surface area contributed by atoms with Crippen molar-refractivity contribution in [1.82, 2.24) is 19.9 Å². The molecule has 0 amide bonds. The molecule has 3 aromatic carbocycles. The van der Waals surface area contributed by atoms with Crippen molar-refractivity contribution >= 4 is 72.4 Å². The van der Waals surface area contributed by atoms with Crippen LogP contribution in [0.1, 0.15) is 22.8 Å². The molecule has 3 aromatic heterocycles. The van der Waals surface area contributed by atoms with Crippen LogP contribution < -0.4 is 4.46 Å². The summed E-state index contributed by atoms with van der Waals surface area (Å²) in [5.41, 5.74) is 7.86. The standard InChI is InChI=1S/C20H14N4.C14H9.Mn/c1-2-14-10-16-5-6-18(23-16)12-20-8-7-19(24-20)11-17-4-3-15(22-17)9-13(1)21-14;1-3-7-13-11(5-1)9-10-12-6-2-4-8-14(12)13;/h1-12,21,24H;1-9H;. The molecule has 39 heavy (non-hydrogen) atoms. The van der Waals surface area contributed by atoms with E-state index in [9.17, 15) is 0 Å². The minimum absolute atomic E-state index is 0.939. The van der Waals surface area contributed by atoms with Crippen LogP contribution in [0, 0.1) is 0 Å². The van der Waals surface area contributed by atoms with E-state index in [-0.39, 0.29) is 0 Å². The summed E-state index contributed by atoms with van der Waals surface area (Å²) in [6.07, 6.45) is 8.09. The first-order valence-corrected chi connectivity index (χ1v) is 13.4. The molecule has 0 atom stereocenters. The normalized spacial score (nSPS) is 12.0. The SMILES string of the molecule is C1=Cc2cc3ccc(cc4nc(cc5ccc(cc1n2)[nH]5)C=C4)[nH]3.[Mn][c]1cc2ccccc2c2ccccc12. The molecule has 5 heterocycles. The zero-order chi connectivity index (χ0) is 26.2. The van der Waals surface area contributed by atoms with Gasteiger partial charge in [0.05, 0.1) is 22.8 Å². The Morgan fingerprint density at radius 2 is 0.846 bits per heavy atom. The molecule has 2 N–H and O–H groups in total. The van der Waals surface area contributed by atoms with Gasteiger partial charge in [-0.1, -0.05) is 0 Å². The molecule has 0 saturated carbocycles. The maximum absolute atomic E-state index is 4.63. The van der Waals surface area contributed by atoms with Crippen molar-refractivity contribution in [3.63, 3.8) is 0 Å². The summed E-state index contributed by atoms with van der Waals surface area (Å²) < 4.78 is 1.16. The predicted molar refractivity (Wildman–Crippen MR) is 160 cm³/mol. The summed E-state index contributed by atoms with van der Waals surface area (Å²) in [6.45, 7) is 0. The summed E-state index contributed by atoms with van der Waals surface area (Å²) in [5, 5.41) is 5.18. The first-order chi connectivity index (χ1) is 19.2. The van der Waals surface area contributed by atoms with E-state index >= 15 is 0 Å². The van der Waals surface area contributed by atoms with Crippen molar-refractivity contribution in [1.29, 1.82) is 0 Å². The van der Waals surface area contributed by atoms with E-state index in [0.717, 1.165) is 49.3 Å². The average molecular weight is 543 g/mol. The van der Waals surface area contributed by atoms with Gasteiger partial charge >= 0.3 is 96.6 Å². The van der Waals surface area contributed by atoms with Crippen LogP contribution in [-0.4, -0.2) is 19.9 Å². The van der Waals surface area contributed by atoms with Crippen molar-refractivity contribution in [2.75, 3.05) is 0 Å². The van der Waals surface area contributed by atoms with Gasteiger partial charge in [-0.15, -0.1) is 0 Å². The van der Waals surface area contributed by atoms with E-state index in [4.69, 9.17) is 0 Å². The fourth-order valence-electron chi connectivity index (χ4n) is 4.95. The molecule has 6 aromatic rings. The van der Waals surface area contributed by atoms with Gasteiger partial charge in [0, 0.05) is 22.1 Å². The van der Waals surface area contributed by atoms with E-state index < -0.39 is 0 Å². The molecule has 186 valence electrons. The van der Waals surface area contributed by atoms with Crippen LogP contribution in [0.3, 0.4) is 0 Å². The summed E-state index contributed by atoms with van der Waals surface area (Å²) in [6, 6.07) is 35.5. The minimum atomic E-state index is 0.939. The van der Waals surface area contributed by atoms with Gasteiger partial charge in [-0.25, -0.2) is 9.97 Å². The van der Waals surface area contributed by atoms with Crippen LogP contribution in [-0.2, 0) is 16.0 Å². The molecule has 2 aliphatic heterocycles. The molecule has 0 fully saturated rings. The van der Waals surface area contributed by atoms with Gasteiger partial charge in [0.1, 0.15) is 0 Å². The Kier molecular flexibility index (Phi) is 5.93. The Bertz CT molecular complexity index is 1920. The predicted octanol–water partition coefficient (Wildman–Crippen LogP) is 7.82. The average Bonchev–Trinajstić information content (AvgIpc) is 3.76. The van der Waals surface area contributed by atoms with Gasteiger partial charge in [-0.3, -0.25) is 0 Å². The molecular formula is C34H23MnN4. The Balaban J connectivity index is 0.000000145. The zero-order valence-corrected chi connectivity index (χ0v) is 22.1. The van der Waals surface area contributed by atoms with E-state index in [2.05, 4.69) is 115 Å². The first-order valence-electron chi connectivity index (χ1n) is 12.8. The van der Waals surface area contributed by atoms with Crippen LogP contribution in [0.15, 0.2) is 103 Å². The number of fused-ring (bicyclic) bond motifs is 11. The molecule has 0 unspecified atom stereocenters. The summed E-state index contributed by atoms with van der Waals surface area (Å²) in [4.78, 5) is 16.0. The number of rotatable bonds is 0. The number of hydrogen-bond donors (Lipinski definition) is 2. The monoisotopic (exact) mass is 542 g/mol. The molecular weight excluding hydrogens is 519 g/mol. The Labute approximate surface area is 233 Å². The number of nitrogens with one attached hydrogen (secondary N) is 2. The number of hydrogen-bond acceptors (Lipinski definition) is 2. The fraction of sp³-hybridized carbons (Fsp3) is 0. The Morgan fingerprint density at radius 3 is 1.33 bits per heavy atom. The molecule has 0 spiro atoms. The topological polar surface area (TPSA) is 57.4 Å². The van der Waals surface area contributed by atoms with E-state index in [1.807, 2.05) is 48.6 Å². The quantitative estimate of drug-likeness (QED) is 0.152. The maximum atomic E-state index is 4.63. The van der Waals surface area contributed by atoms with Crippen molar-refractivity contribution in [2.24, 2.45) is 0 Å². The van der Waals surface area contributed by atoms with Crippen LogP contribution in [0.5, 0.6) is 0 Å². The number of benzene rings is 3. The molecule has 2 aliphatic rings. The van der Waals surface area contributed by atoms with Crippen LogP contribution >= 0.6 is 0 Å². The molecule has 8 rings (SSSR count). The molecule has 0 saturated heterocycles. The second-order valence-electron chi connectivity index (χ2n) is 9.53. The van der Waals surface area contributed by atoms with E-state index in [1.54, 1.807) is 0 Å². The van der Waals surface area contributed by atoms with Gasteiger partial charge in [0.2, 0.25) is 0 Å². The Hall–Kier alpha value is -4.70. The van der Waals surface area contributed by atoms with Crippen molar-refractivity contribution in [3.8, 4) is 0 Å². The fourth-order valence-corrected chi connectivity index (χ4v) is 5.39. The summed E-state index contributed by atoms with van der Waals surface area (Å²) in [5.74, 6) is 0. The van der Waals surface area contributed by atoms with E-state index in [1.165, 1.54) is 21.5 Å². The third kappa shape index (κ3) is 4.94. The second-order valence-corrected chi connectivity index (χ2v) is 10.2. The number of H-pyrrole nitrogens is 2. The van der Waals surface area contributed by atoms with Crippen LogP contribution in [0.25, 0.3) is 67.9 Å². The molecule has 5 heteroatoms. The molecule has 4 nitrogen and oxygen atoms in total.